The van der Waals surface area contributed by atoms with Gasteiger partial charge in [0.15, 0.2) is 5.69 Å². The second kappa shape index (κ2) is 8.50. The Kier molecular flexibility index (Phi) is 5.47. The minimum absolute atomic E-state index is 0.178. The van der Waals surface area contributed by atoms with E-state index >= 15 is 0 Å². The van der Waals surface area contributed by atoms with Crippen molar-refractivity contribution in [3.05, 3.63) is 107 Å². The summed E-state index contributed by atoms with van der Waals surface area (Å²) in [6, 6.07) is 19.3. The van der Waals surface area contributed by atoms with E-state index in [1.54, 1.807) is 48.5 Å². The number of alkyl halides is 3. The second-order valence-electron chi connectivity index (χ2n) is 8.06. The fraction of sp³-hybridized carbons (Fsp3) is 0.115. The molecule has 0 atom stereocenters. The van der Waals surface area contributed by atoms with Crippen LogP contribution < -0.4 is 0 Å². The van der Waals surface area contributed by atoms with E-state index in [1.807, 2.05) is 0 Å². The number of fused-ring (bicyclic) bond motifs is 1. The number of benzene rings is 3. The zero-order valence-corrected chi connectivity index (χ0v) is 18.1. The smallest absolute Gasteiger partial charge is 0.274 e. The van der Waals surface area contributed by atoms with Gasteiger partial charge in [0.1, 0.15) is 5.82 Å². The molecule has 176 valence electrons. The van der Waals surface area contributed by atoms with Crippen molar-refractivity contribution in [2.75, 3.05) is 6.54 Å². The van der Waals surface area contributed by atoms with Gasteiger partial charge in [-0.15, -0.1) is 0 Å². The number of aromatic nitrogens is 2. The Hall–Kier alpha value is -4.27. The molecule has 1 aliphatic heterocycles. The molecule has 0 fully saturated rings. The maximum Gasteiger partial charge on any atom is 0.435 e. The van der Waals surface area contributed by atoms with Crippen LogP contribution in [0, 0.1) is 5.82 Å². The molecule has 5 nitrogen and oxygen atoms in total. The molecular formula is C26H17F4N3O2. The summed E-state index contributed by atoms with van der Waals surface area (Å²) in [4.78, 5) is 26.2. The van der Waals surface area contributed by atoms with Crippen LogP contribution in [0.15, 0.2) is 78.9 Å². The van der Waals surface area contributed by atoms with Gasteiger partial charge in [-0.25, -0.2) is 9.07 Å². The highest BCUT2D eigenvalue weighted by Crippen LogP contribution is 2.33. The molecule has 1 aromatic heterocycles. The lowest BCUT2D eigenvalue weighted by Crippen LogP contribution is -2.31. The third kappa shape index (κ3) is 4.21. The molecule has 0 aliphatic carbocycles. The lowest BCUT2D eigenvalue weighted by Gasteiger charge is -2.14. The average Bonchev–Trinajstić information content (AvgIpc) is 3.40. The first-order valence-corrected chi connectivity index (χ1v) is 10.7. The van der Waals surface area contributed by atoms with Crippen LogP contribution in [0.1, 0.15) is 32.0 Å². The summed E-state index contributed by atoms with van der Waals surface area (Å²) in [6.45, 7) is 0.178. The van der Waals surface area contributed by atoms with Crippen LogP contribution in [0.25, 0.3) is 16.9 Å². The van der Waals surface area contributed by atoms with Crippen molar-refractivity contribution in [1.29, 1.82) is 0 Å². The maximum atomic E-state index is 13.4. The number of hydrogen-bond donors (Lipinski definition) is 0. The monoisotopic (exact) mass is 479 g/mol. The van der Waals surface area contributed by atoms with Crippen LogP contribution in [0.2, 0.25) is 0 Å². The molecule has 35 heavy (non-hydrogen) atoms. The highest BCUT2D eigenvalue weighted by atomic mass is 19.4. The van der Waals surface area contributed by atoms with Crippen molar-refractivity contribution < 1.29 is 27.2 Å². The van der Waals surface area contributed by atoms with E-state index in [-0.39, 0.29) is 29.7 Å². The highest BCUT2D eigenvalue weighted by Gasteiger charge is 2.36. The molecule has 0 bridgehead atoms. The molecule has 0 spiro atoms. The summed E-state index contributed by atoms with van der Waals surface area (Å²) >= 11 is 0. The van der Waals surface area contributed by atoms with Crippen LogP contribution in [0.5, 0.6) is 0 Å². The standard InChI is InChI=1S/C26H17F4N3O2/c27-18-9-11-19(12-10-18)33-22(15-23(31-33)26(28,29)30)17-7-5-16(6-8-17)13-14-32-24(34)20-3-1-2-4-21(20)25(32)35/h1-12,15H,13-14H2. The zero-order chi connectivity index (χ0) is 24.7. The topological polar surface area (TPSA) is 55.2 Å². The largest absolute Gasteiger partial charge is 0.435 e. The van der Waals surface area contributed by atoms with Gasteiger partial charge in [-0.2, -0.15) is 18.3 Å². The summed E-state index contributed by atoms with van der Waals surface area (Å²) in [7, 11) is 0. The molecule has 0 saturated carbocycles. The molecule has 0 radical (unpaired) electrons. The first-order valence-electron chi connectivity index (χ1n) is 10.7. The van der Waals surface area contributed by atoms with E-state index in [0.29, 0.717) is 23.1 Å². The van der Waals surface area contributed by atoms with E-state index < -0.39 is 17.7 Å². The van der Waals surface area contributed by atoms with E-state index in [2.05, 4.69) is 5.10 Å². The van der Waals surface area contributed by atoms with Gasteiger partial charge in [-0.05, 0) is 54.4 Å². The van der Waals surface area contributed by atoms with Gasteiger partial charge >= 0.3 is 6.18 Å². The number of carbonyl (C=O) groups is 2. The average molecular weight is 479 g/mol. The second-order valence-corrected chi connectivity index (χ2v) is 8.06. The predicted octanol–water partition coefficient (Wildman–Crippen LogP) is 5.54. The fourth-order valence-corrected chi connectivity index (χ4v) is 4.03. The van der Waals surface area contributed by atoms with E-state index in [1.165, 1.54) is 17.0 Å². The Morgan fingerprint density at radius 2 is 1.40 bits per heavy atom. The molecule has 2 heterocycles. The Morgan fingerprint density at radius 3 is 1.97 bits per heavy atom. The SMILES string of the molecule is O=C1c2ccccc2C(=O)N1CCc1ccc(-c2cc(C(F)(F)F)nn2-c2ccc(F)cc2)cc1. The Bertz CT molecular complexity index is 1390. The van der Waals surface area contributed by atoms with Crippen molar-refractivity contribution in [3.8, 4) is 16.9 Å². The van der Waals surface area contributed by atoms with Gasteiger partial charge in [-0.3, -0.25) is 14.5 Å². The van der Waals surface area contributed by atoms with E-state index in [4.69, 9.17) is 0 Å². The number of nitrogens with zero attached hydrogens (tertiary/aromatic N) is 3. The molecule has 0 saturated heterocycles. The van der Waals surface area contributed by atoms with E-state index in [9.17, 15) is 27.2 Å². The minimum Gasteiger partial charge on any atom is -0.274 e. The van der Waals surface area contributed by atoms with Gasteiger partial charge in [0.25, 0.3) is 11.8 Å². The fourth-order valence-electron chi connectivity index (χ4n) is 4.03. The molecule has 3 aromatic carbocycles. The Labute approximate surface area is 197 Å². The zero-order valence-electron chi connectivity index (χ0n) is 18.1. The molecule has 4 aromatic rings. The molecule has 9 heteroatoms. The van der Waals surface area contributed by atoms with Crippen molar-refractivity contribution in [2.24, 2.45) is 0 Å². The summed E-state index contributed by atoms with van der Waals surface area (Å²) in [6.07, 6.45) is -4.26. The lowest BCUT2D eigenvalue weighted by atomic mass is 10.1. The molecule has 2 amide bonds. The number of imide groups is 1. The van der Waals surface area contributed by atoms with Gasteiger partial charge in [0.2, 0.25) is 0 Å². The minimum atomic E-state index is -4.65. The summed E-state index contributed by atoms with van der Waals surface area (Å²) in [5.74, 6) is -1.20. The van der Waals surface area contributed by atoms with Crippen molar-refractivity contribution in [2.45, 2.75) is 12.6 Å². The molecule has 5 rings (SSSR count). The third-order valence-electron chi connectivity index (χ3n) is 5.82. The lowest BCUT2D eigenvalue weighted by molar-refractivity contribution is -0.141. The molecular weight excluding hydrogens is 462 g/mol. The Balaban J connectivity index is 1.38. The van der Waals surface area contributed by atoms with Gasteiger partial charge in [-0.1, -0.05) is 36.4 Å². The van der Waals surface area contributed by atoms with Crippen LogP contribution in [0.3, 0.4) is 0 Å². The first-order chi connectivity index (χ1) is 16.7. The first kappa shape index (κ1) is 22.5. The number of amides is 2. The highest BCUT2D eigenvalue weighted by molar-refractivity contribution is 6.21. The van der Waals surface area contributed by atoms with Crippen molar-refractivity contribution in [3.63, 3.8) is 0 Å². The summed E-state index contributed by atoms with van der Waals surface area (Å²) in [5.41, 5.74) is 1.44. The number of halogens is 4. The number of carbonyl (C=O) groups excluding carboxylic acids is 2. The van der Waals surface area contributed by atoms with Crippen LogP contribution in [-0.2, 0) is 12.6 Å². The third-order valence-corrected chi connectivity index (χ3v) is 5.82. The normalized spacial score (nSPS) is 13.4. The summed E-state index contributed by atoms with van der Waals surface area (Å²) < 4.78 is 54.5. The quantitative estimate of drug-likeness (QED) is 0.279. The maximum absolute atomic E-state index is 13.4. The Morgan fingerprint density at radius 1 is 0.800 bits per heavy atom. The van der Waals surface area contributed by atoms with Crippen molar-refractivity contribution >= 4 is 11.8 Å². The van der Waals surface area contributed by atoms with Gasteiger partial charge in [0.05, 0.1) is 22.5 Å². The molecule has 0 unspecified atom stereocenters. The van der Waals surface area contributed by atoms with Crippen LogP contribution in [0.4, 0.5) is 17.6 Å². The summed E-state index contributed by atoms with van der Waals surface area (Å²) in [5, 5.41) is 3.69. The van der Waals surface area contributed by atoms with Crippen molar-refractivity contribution in [1.82, 2.24) is 14.7 Å². The molecule has 1 aliphatic rings. The number of hydrogen-bond acceptors (Lipinski definition) is 3. The predicted molar refractivity (Wildman–Crippen MR) is 119 cm³/mol. The van der Waals surface area contributed by atoms with E-state index in [0.717, 1.165) is 28.4 Å². The van der Waals surface area contributed by atoms with Gasteiger partial charge in [0, 0.05) is 12.1 Å². The number of rotatable bonds is 5. The van der Waals surface area contributed by atoms with Crippen LogP contribution in [-0.4, -0.2) is 33.0 Å². The van der Waals surface area contributed by atoms with Gasteiger partial charge < -0.3 is 0 Å². The van der Waals surface area contributed by atoms with Crippen LogP contribution >= 0.6 is 0 Å². The molecule has 0 N–H and O–H groups in total.